The first-order chi connectivity index (χ1) is 15.6. The van der Waals surface area contributed by atoms with E-state index in [0.29, 0.717) is 30.8 Å². The number of carbonyl (C=O) groups excluding carboxylic acids is 2. The van der Waals surface area contributed by atoms with Gasteiger partial charge in [-0.25, -0.2) is 4.98 Å². The third kappa shape index (κ3) is 5.73. The average Bonchev–Trinajstić information content (AvgIpc) is 3.06. The molecule has 4 rings (SSSR count). The van der Waals surface area contributed by atoms with Crippen molar-refractivity contribution in [2.75, 3.05) is 36.4 Å². The van der Waals surface area contributed by atoms with Crippen molar-refractivity contribution in [3.63, 3.8) is 0 Å². The minimum atomic E-state index is -0.0674. The van der Waals surface area contributed by atoms with E-state index in [4.69, 9.17) is 0 Å². The van der Waals surface area contributed by atoms with Crippen molar-refractivity contribution < 1.29 is 9.59 Å². The molecule has 1 aliphatic rings. The number of halogens is 1. The molecule has 0 unspecified atom stereocenters. The van der Waals surface area contributed by atoms with Crippen molar-refractivity contribution in [2.24, 2.45) is 0 Å². The molecule has 0 aliphatic carbocycles. The topological polar surface area (TPSA) is 65.5 Å². The van der Waals surface area contributed by atoms with E-state index < -0.39 is 0 Å². The normalized spacial score (nSPS) is 14.0. The number of anilines is 2. The molecule has 1 aliphatic heterocycles. The minimum Gasteiger partial charge on any atom is -0.355 e. The number of benzene rings is 2. The molecular formula is C25H25BrN4O2. The summed E-state index contributed by atoms with van der Waals surface area (Å²) >= 11 is 3.43. The standard InChI is InChI=1S/C25H25BrN4O2/c26-21-9-4-8-20(17-21)25(32)30-13-5-12-29(14-15-30)23-11-10-22(18-27-23)28-24(31)16-19-6-2-1-3-7-19/h1-4,6-11,17-18H,5,12-16H2,(H,28,31). The highest BCUT2D eigenvalue weighted by atomic mass is 79.9. The summed E-state index contributed by atoms with van der Waals surface area (Å²) in [6.07, 6.45) is 2.89. The van der Waals surface area contributed by atoms with Crippen LogP contribution in [0.25, 0.3) is 0 Å². The van der Waals surface area contributed by atoms with E-state index in [9.17, 15) is 9.59 Å². The van der Waals surface area contributed by atoms with E-state index in [1.807, 2.05) is 71.6 Å². The van der Waals surface area contributed by atoms with Crippen LogP contribution in [0, 0.1) is 0 Å². The fourth-order valence-corrected chi connectivity index (χ4v) is 4.19. The van der Waals surface area contributed by atoms with E-state index in [1.54, 1.807) is 6.20 Å². The number of pyridine rings is 1. The molecule has 0 radical (unpaired) electrons. The molecule has 0 saturated carbocycles. The summed E-state index contributed by atoms with van der Waals surface area (Å²) < 4.78 is 0.903. The number of carbonyl (C=O) groups is 2. The van der Waals surface area contributed by atoms with E-state index in [2.05, 4.69) is 31.1 Å². The van der Waals surface area contributed by atoms with E-state index >= 15 is 0 Å². The van der Waals surface area contributed by atoms with Crippen LogP contribution < -0.4 is 10.2 Å². The van der Waals surface area contributed by atoms with Gasteiger partial charge in [-0.2, -0.15) is 0 Å². The maximum atomic E-state index is 12.9. The summed E-state index contributed by atoms with van der Waals surface area (Å²) in [4.78, 5) is 33.8. The second-order valence-electron chi connectivity index (χ2n) is 7.76. The van der Waals surface area contributed by atoms with Gasteiger partial charge in [-0.1, -0.05) is 52.3 Å². The Labute approximate surface area is 196 Å². The number of amides is 2. The molecule has 2 heterocycles. The first-order valence-electron chi connectivity index (χ1n) is 10.7. The van der Waals surface area contributed by atoms with Crippen molar-refractivity contribution in [1.82, 2.24) is 9.88 Å². The van der Waals surface area contributed by atoms with Gasteiger partial charge in [-0.3, -0.25) is 9.59 Å². The van der Waals surface area contributed by atoms with Crippen molar-refractivity contribution in [3.8, 4) is 0 Å². The maximum absolute atomic E-state index is 12.9. The van der Waals surface area contributed by atoms with E-state index in [0.717, 1.165) is 35.4 Å². The van der Waals surface area contributed by atoms with Gasteiger partial charge < -0.3 is 15.1 Å². The second-order valence-corrected chi connectivity index (χ2v) is 8.67. The third-order valence-electron chi connectivity index (χ3n) is 5.42. The van der Waals surface area contributed by atoms with Gasteiger partial charge in [-0.05, 0) is 42.3 Å². The SMILES string of the molecule is O=C(Cc1ccccc1)Nc1ccc(N2CCCN(C(=O)c3cccc(Br)c3)CC2)nc1. The molecule has 6 nitrogen and oxygen atoms in total. The third-order valence-corrected chi connectivity index (χ3v) is 5.91. The Hall–Kier alpha value is -3.19. The van der Waals surface area contributed by atoms with Crippen LogP contribution in [0.15, 0.2) is 77.4 Å². The van der Waals surface area contributed by atoms with Crippen LogP contribution in [-0.2, 0) is 11.2 Å². The Kier molecular flexibility index (Phi) is 7.17. The monoisotopic (exact) mass is 492 g/mol. The van der Waals surface area contributed by atoms with Gasteiger partial charge in [0, 0.05) is 36.2 Å². The fourth-order valence-electron chi connectivity index (χ4n) is 3.79. The predicted octanol–water partition coefficient (Wildman–Crippen LogP) is 4.38. The zero-order valence-corrected chi connectivity index (χ0v) is 19.3. The van der Waals surface area contributed by atoms with Crippen LogP contribution in [-0.4, -0.2) is 47.9 Å². The smallest absolute Gasteiger partial charge is 0.253 e. The molecule has 164 valence electrons. The predicted molar refractivity (Wildman–Crippen MR) is 130 cm³/mol. The Morgan fingerprint density at radius 3 is 2.53 bits per heavy atom. The van der Waals surface area contributed by atoms with Crippen LogP contribution in [0.2, 0.25) is 0 Å². The highest BCUT2D eigenvalue weighted by molar-refractivity contribution is 9.10. The molecule has 0 atom stereocenters. The lowest BCUT2D eigenvalue weighted by molar-refractivity contribution is -0.115. The number of aromatic nitrogens is 1. The second kappa shape index (κ2) is 10.4. The van der Waals surface area contributed by atoms with Crippen molar-refractivity contribution >= 4 is 39.2 Å². The summed E-state index contributed by atoms with van der Waals surface area (Å²) in [6.45, 7) is 2.90. The van der Waals surface area contributed by atoms with Crippen molar-refractivity contribution in [3.05, 3.63) is 88.5 Å². The van der Waals surface area contributed by atoms with Gasteiger partial charge in [-0.15, -0.1) is 0 Å². The van der Waals surface area contributed by atoms with Gasteiger partial charge in [0.25, 0.3) is 5.91 Å². The maximum Gasteiger partial charge on any atom is 0.253 e. The van der Waals surface area contributed by atoms with Gasteiger partial charge in [0.15, 0.2) is 0 Å². The van der Waals surface area contributed by atoms with Gasteiger partial charge in [0.2, 0.25) is 5.91 Å². The van der Waals surface area contributed by atoms with Crippen LogP contribution >= 0.6 is 15.9 Å². The highest BCUT2D eigenvalue weighted by Gasteiger charge is 2.21. The molecular weight excluding hydrogens is 468 g/mol. The summed E-state index contributed by atoms with van der Waals surface area (Å²) in [6, 6.07) is 21.0. The van der Waals surface area contributed by atoms with E-state index in [1.165, 1.54) is 0 Å². The first-order valence-corrected chi connectivity index (χ1v) is 11.5. The van der Waals surface area contributed by atoms with Crippen molar-refractivity contribution in [1.29, 1.82) is 0 Å². The zero-order valence-electron chi connectivity index (χ0n) is 17.7. The zero-order chi connectivity index (χ0) is 22.3. The summed E-state index contributed by atoms with van der Waals surface area (Å²) in [5.41, 5.74) is 2.35. The minimum absolute atomic E-state index is 0.0533. The van der Waals surface area contributed by atoms with Gasteiger partial charge >= 0.3 is 0 Å². The van der Waals surface area contributed by atoms with E-state index in [-0.39, 0.29) is 11.8 Å². The summed E-state index contributed by atoms with van der Waals surface area (Å²) in [5, 5.41) is 2.90. The highest BCUT2D eigenvalue weighted by Crippen LogP contribution is 2.19. The molecule has 0 bridgehead atoms. The van der Waals surface area contributed by atoms with Crippen LogP contribution in [0.1, 0.15) is 22.3 Å². The lowest BCUT2D eigenvalue weighted by Crippen LogP contribution is -2.35. The van der Waals surface area contributed by atoms with Crippen LogP contribution in [0.4, 0.5) is 11.5 Å². The van der Waals surface area contributed by atoms with Gasteiger partial charge in [0.1, 0.15) is 5.82 Å². The molecule has 0 spiro atoms. The Morgan fingerprint density at radius 2 is 1.78 bits per heavy atom. The number of nitrogens with one attached hydrogen (secondary N) is 1. The molecule has 1 saturated heterocycles. The molecule has 1 fully saturated rings. The Balaban J connectivity index is 1.33. The number of nitrogens with zero attached hydrogens (tertiary/aromatic N) is 3. The summed E-state index contributed by atoms with van der Waals surface area (Å²) in [7, 11) is 0. The molecule has 3 aromatic rings. The van der Waals surface area contributed by atoms with Gasteiger partial charge in [0.05, 0.1) is 18.3 Å². The Bertz CT molecular complexity index is 1070. The summed E-state index contributed by atoms with van der Waals surface area (Å²) in [5.74, 6) is 0.836. The fraction of sp³-hybridized carbons (Fsp3) is 0.240. The molecule has 2 amide bonds. The number of hydrogen-bond donors (Lipinski definition) is 1. The Morgan fingerprint density at radius 1 is 0.938 bits per heavy atom. The molecule has 2 aromatic carbocycles. The first kappa shape index (κ1) is 22.0. The number of rotatable bonds is 5. The number of hydrogen-bond acceptors (Lipinski definition) is 4. The quantitative estimate of drug-likeness (QED) is 0.573. The molecule has 1 aromatic heterocycles. The average molecular weight is 493 g/mol. The van der Waals surface area contributed by atoms with Crippen LogP contribution in [0.3, 0.4) is 0 Å². The lowest BCUT2D eigenvalue weighted by atomic mass is 10.1. The lowest BCUT2D eigenvalue weighted by Gasteiger charge is -2.23. The van der Waals surface area contributed by atoms with Crippen LogP contribution in [0.5, 0.6) is 0 Å². The van der Waals surface area contributed by atoms with Crippen molar-refractivity contribution in [2.45, 2.75) is 12.8 Å². The largest absolute Gasteiger partial charge is 0.355 e. The molecule has 1 N–H and O–H groups in total. The molecule has 32 heavy (non-hydrogen) atoms. The molecule has 7 heteroatoms.